The minimum atomic E-state index is 0.534. The zero-order valence-corrected chi connectivity index (χ0v) is 14.6. The first-order valence-corrected chi connectivity index (χ1v) is 8.96. The minimum Gasteiger partial charge on any atom is -0.355 e. The molecule has 6 heteroatoms. The number of aromatic nitrogens is 4. The smallest absolute Gasteiger partial charge is 0.133 e. The van der Waals surface area contributed by atoms with Crippen LogP contribution in [0.1, 0.15) is 36.6 Å². The van der Waals surface area contributed by atoms with Crippen LogP contribution in [-0.4, -0.2) is 57.4 Å². The van der Waals surface area contributed by atoms with Crippen molar-refractivity contribution in [2.75, 3.05) is 31.6 Å². The summed E-state index contributed by atoms with van der Waals surface area (Å²) in [5, 5.41) is 4.37. The third-order valence-electron chi connectivity index (χ3n) is 5.17. The summed E-state index contributed by atoms with van der Waals surface area (Å²) in [6.45, 7) is 6.35. The van der Waals surface area contributed by atoms with Gasteiger partial charge in [-0.3, -0.25) is 9.58 Å². The molecule has 3 heterocycles. The van der Waals surface area contributed by atoms with Crippen molar-refractivity contribution in [2.45, 2.75) is 44.7 Å². The third-order valence-corrected chi connectivity index (χ3v) is 5.17. The maximum absolute atomic E-state index is 4.78. The zero-order chi connectivity index (χ0) is 16.5. The van der Waals surface area contributed by atoms with Crippen LogP contribution in [-0.2, 0) is 6.54 Å². The molecule has 1 aliphatic carbocycles. The predicted molar refractivity (Wildman–Crippen MR) is 94.2 cm³/mol. The molecule has 0 bridgehead atoms. The first kappa shape index (κ1) is 15.6. The number of aryl methyl sites for hydroxylation is 1. The Hall–Kier alpha value is -1.95. The molecule has 1 saturated carbocycles. The van der Waals surface area contributed by atoms with Crippen LogP contribution < -0.4 is 4.90 Å². The largest absolute Gasteiger partial charge is 0.355 e. The highest BCUT2D eigenvalue weighted by Gasteiger charge is 2.29. The van der Waals surface area contributed by atoms with Crippen molar-refractivity contribution in [2.24, 2.45) is 0 Å². The Bertz CT molecular complexity index is 692. The van der Waals surface area contributed by atoms with Gasteiger partial charge < -0.3 is 4.90 Å². The molecule has 2 aliphatic rings. The summed E-state index contributed by atoms with van der Waals surface area (Å²) in [5.74, 6) is 2.71. The van der Waals surface area contributed by atoms with Crippen molar-refractivity contribution in [1.29, 1.82) is 0 Å². The zero-order valence-electron chi connectivity index (χ0n) is 14.6. The Labute approximate surface area is 143 Å². The van der Waals surface area contributed by atoms with E-state index in [0.29, 0.717) is 12.0 Å². The van der Waals surface area contributed by atoms with Crippen LogP contribution in [0.4, 0.5) is 5.82 Å². The molecular weight excluding hydrogens is 300 g/mol. The summed E-state index contributed by atoms with van der Waals surface area (Å²) in [7, 11) is 2.17. The molecule has 24 heavy (non-hydrogen) atoms. The lowest BCUT2D eigenvalue weighted by Gasteiger charge is -2.26. The van der Waals surface area contributed by atoms with E-state index in [-0.39, 0.29) is 0 Å². The SMILES string of the molecule is Cc1cnn(CCN2CCC(N(C)c3ccnc(C4CC4)n3)C2)c1. The lowest BCUT2D eigenvalue weighted by Crippen LogP contribution is -2.36. The molecule has 6 nitrogen and oxygen atoms in total. The molecule has 0 N–H and O–H groups in total. The minimum absolute atomic E-state index is 0.534. The lowest BCUT2D eigenvalue weighted by molar-refractivity contribution is 0.311. The van der Waals surface area contributed by atoms with Gasteiger partial charge in [0.1, 0.15) is 11.6 Å². The number of likely N-dealkylation sites (N-methyl/N-ethyl adjacent to an activating group) is 1. The molecule has 128 valence electrons. The van der Waals surface area contributed by atoms with E-state index in [4.69, 9.17) is 4.98 Å². The van der Waals surface area contributed by atoms with Crippen molar-refractivity contribution in [3.05, 3.63) is 36.0 Å². The Morgan fingerprint density at radius 1 is 1.25 bits per heavy atom. The first-order valence-electron chi connectivity index (χ1n) is 8.96. The van der Waals surface area contributed by atoms with Gasteiger partial charge in [0.05, 0.1) is 12.7 Å². The highest BCUT2D eigenvalue weighted by molar-refractivity contribution is 5.39. The number of rotatable bonds is 6. The van der Waals surface area contributed by atoms with Crippen LogP contribution in [0.25, 0.3) is 0 Å². The molecule has 2 aromatic rings. The molecule has 0 spiro atoms. The Balaban J connectivity index is 1.33. The molecule has 1 unspecified atom stereocenters. The van der Waals surface area contributed by atoms with E-state index in [1.807, 2.05) is 23.1 Å². The van der Waals surface area contributed by atoms with Gasteiger partial charge in [-0.2, -0.15) is 5.10 Å². The fourth-order valence-electron chi connectivity index (χ4n) is 3.45. The van der Waals surface area contributed by atoms with Gasteiger partial charge in [0, 0.05) is 51.0 Å². The molecule has 0 aromatic carbocycles. The molecular formula is C18H26N6. The Kier molecular flexibility index (Phi) is 4.22. The van der Waals surface area contributed by atoms with Gasteiger partial charge in [0.2, 0.25) is 0 Å². The Morgan fingerprint density at radius 3 is 2.88 bits per heavy atom. The van der Waals surface area contributed by atoms with Crippen LogP contribution >= 0.6 is 0 Å². The second-order valence-corrected chi connectivity index (χ2v) is 7.18. The summed E-state index contributed by atoms with van der Waals surface area (Å²) < 4.78 is 2.04. The van der Waals surface area contributed by atoms with Gasteiger partial charge in [-0.05, 0) is 37.8 Å². The van der Waals surface area contributed by atoms with E-state index in [1.54, 1.807) is 0 Å². The normalized spacial score (nSPS) is 21.3. The van der Waals surface area contributed by atoms with Gasteiger partial charge in [0.15, 0.2) is 0 Å². The summed E-state index contributed by atoms with van der Waals surface area (Å²) in [5.41, 5.74) is 1.23. The second-order valence-electron chi connectivity index (χ2n) is 7.18. The average Bonchev–Trinajstić information content (AvgIpc) is 3.21. The number of hydrogen-bond donors (Lipinski definition) is 0. The number of hydrogen-bond acceptors (Lipinski definition) is 5. The van der Waals surface area contributed by atoms with E-state index in [2.05, 4.69) is 40.1 Å². The number of likely N-dealkylation sites (tertiary alicyclic amines) is 1. The van der Waals surface area contributed by atoms with Gasteiger partial charge in [-0.25, -0.2) is 9.97 Å². The third kappa shape index (κ3) is 3.43. The van der Waals surface area contributed by atoms with Crippen molar-refractivity contribution >= 4 is 5.82 Å². The topological polar surface area (TPSA) is 50.1 Å². The molecule has 4 rings (SSSR count). The molecule has 1 saturated heterocycles. The van der Waals surface area contributed by atoms with Crippen molar-refractivity contribution in [1.82, 2.24) is 24.6 Å². The van der Waals surface area contributed by atoms with E-state index in [0.717, 1.165) is 37.8 Å². The summed E-state index contributed by atoms with van der Waals surface area (Å²) >= 11 is 0. The van der Waals surface area contributed by atoms with E-state index >= 15 is 0 Å². The highest BCUT2D eigenvalue weighted by Crippen LogP contribution is 2.38. The van der Waals surface area contributed by atoms with Crippen LogP contribution in [0.2, 0.25) is 0 Å². The maximum atomic E-state index is 4.78. The number of anilines is 1. The van der Waals surface area contributed by atoms with E-state index in [9.17, 15) is 0 Å². The van der Waals surface area contributed by atoms with Crippen LogP contribution in [0, 0.1) is 6.92 Å². The molecule has 1 atom stereocenters. The molecule has 0 radical (unpaired) electrons. The standard InChI is InChI=1S/C18H26N6/c1-14-11-20-24(12-14)10-9-23-8-6-16(13-23)22(2)17-5-7-19-18(21-17)15-3-4-15/h5,7,11-12,15-16H,3-4,6,8-10,13H2,1-2H3. The predicted octanol–water partition coefficient (Wildman–Crippen LogP) is 2.07. The van der Waals surface area contributed by atoms with Crippen LogP contribution in [0.5, 0.6) is 0 Å². The van der Waals surface area contributed by atoms with Crippen molar-refractivity contribution in [3.8, 4) is 0 Å². The average molecular weight is 326 g/mol. The molecule has 2 aromatic heterocycles. The lowest BCUT2D eigenvalue weighted by atomic mass is 10.2. The highest BCUT2D eigenvalue weighted by atomic mass is 15.3. The van der Waals surface area contributed by atoms with Gasteiger partial charge in [0.25, 0.3) is 0 Å². The summed E-state index contributed by atoms with van der Waals surface area (Å²) in [6, 6.07) is 2.58. The number of nitrogens with zero attached hydrogens (tertiary/aromatic N) is 6. The monoisotopic (exact) mass is 326 g/mol. The summed E-state index contributed by atoms with van der Waals surface area (Å²) in [6.07, 6.45) is 9.64. The second kappa shape index (κ2) is 6.51. The van der Waals surface area contributed by atoms with E-state index < -0.39 is 0 Å². The Morgan fingerprint density at radius 2 is 2.12 bits per heavy atom. The van der Waals surface area contributed by atoms with E-state index in [1.165, 1.54) is 24.8 Å². The molecule has 1 aliphatic heterocycles. The molecule has 2 fully saturated rings. The quantitative estimate of drug-likeness (QED) is 0.813. The molecule has 0 amide bonds. The van der Waals surface area contributed by atoms with Crippen molar-refractivity contribution < 1.29 is 0 Å². The van der Waals surface area contributed by atoms with Gasteiger partial charge in [-0.15, -0.1) is 0 Å². The fourth-order valence-corrected chi connectivity index (χ4v) is 3.45. The first-order chi connectivity index (χ1) is 11.7. The van der Waals surface area contributed by atoms with Crippen LogP contribution in [0.15, 0.2) is 24.7 Å². The fraction of sp³-hybridized carbons (Fsp3) is 0.611. The van der Waals surface area contributed by atoms with Gasteiger partial charge in [-0.1, -0.05) is 0 Å². The summed E-state index contributed by atoms with van der Waals surface area (Å²) in [4.78, 5) is 14.1. The van der Waals surface area contributed by atoms with Gasteiger partial charge >= 0.3 is 0 Å². The van der Waals surface area contributed by atoms with Crippen LogP contribution in [0.3, 0.4) is 0 Å². The van der Waals surface area contributed by atoms with Crippen molar-refractivity contribution in [3.63, 3.8) is 0 Å². The maximum Gasteiger partial charge on any atom is 0.133 e.